The maximum Gasteiger partial charge on any atom is 0.118 e. The van der Waals surface area contributed by atoms with E-state index in [-0.39, 0.29) is 0 Å². The molecule has 0 aliphatic carbocycles. The van der Waals surface area contributed by atoms with E-state index in [1.165, 1.54) is 5.56 Å². The van der Waals surface area contributed by atoms with Crippen LogP contribution in [0.3, 0.4) is 0 Å². The van der Waals surface area contributed by atoms with Crippen molar-refractivity contribution in [1.82, 2.24) is 0 Å². The Hall–Kier alpha value is -1.02. The number of hydrogen-bond donors (Lipinski definition) is 0. The Kier molecular flexibility index (Phi) is 4.33. The van der Waals surface area contributed by atoms with Crippen molar-refractivity contribution in [3.8, 4) is 5.75 Å². The predicted molar refractivity (Wildman–Crippen MR) is 52.9 cm³/mol. The summed E-state index contributed by atoms with van der Waals surface area (Å²) in [6.07, 6.45) is 1.07. The summed E-state index contributed by atoms with van der Waals surface area (Å²) in [7, 11) is 1.67. The second-order valence-electron chi connectivity index (χ2n) is 2.90. The van der Waals surface area contributed by atoms with Crippen LogP contribution in [0, 0.1) is 0 Å². The van der Waals surface area contributed by atoms with E-state index in [0.717, 1.165) is 18.8 Å². The van der Waals surface area contributed by atoms with Gasteiger partial charge in [-0.05, 0) is 24.1 Å². The Balaban J connectivity index is 2.40. The third kappa shape index (κ3) is 3.47. The molecule has 1 aromatic rings. The van der Waals surface area contributed by atoms with Gasteiger partial charge in [-0.25, -0.2) is 0 Å². The lowest BCUT2D eigenvalue weighted by atomic mass is 10.2. The molecule has 2 nitrogen and oxygen atoms in total. The first kappa shape index (κ1) is 10.1. The zero-order valence-corrected chi connectivity index (χ0v) is 8.25. The van der Waals surface area contributed by atoms with Crippen molar-refractivity contribution in [1.29, 1.82) is 0 Å². The van der Waals surface area contributed by atoms with Gasteiger partial charge in [0.05, 0.1) is 13.7 Å². The van der Waals surface area contributed by atoms with Crippen molar-refractivity contribution < 1.29 is 9.47 Å². The van der Waals surface area contributed by atoms with E-state index in [1.807, 2.05) is 24.3 Å². The minimum Gasteiger partial charge on any atom is -0.497 e. The smallest absolute Gasteiger partial charge is 0.118 e. The third-order valence-corrected chi connectivity index (χ3v) is 1.78. The normalized spacial score (nSPS) is 10.0. The van der Waals surface area contributed by atoms with Crippen molar-refractivity contribution in [2.75, 3.05) is 13.7 Å². The highest BCUT2D eigenvalue weighted by Crippen LogP contribution is 2.11. The Bertz CT molecular complexity index is 228. The highest BCUT2D eigenvalue weighted by atomic mass is 16.5. The summed E-state index contributed by atoms with van der Waals surface area (Å²) in [4.78, 5) is 0. The summed E-state index contributed by atoms with van der Waals surface area (Å²) in [6.45, 7) is 3.62. The molecule has 0 saturated carbocycles. The van der Waals surface area contributed by atoms with E-state index in [2.05, 4.69) is 6.92 Å². The first-order chi connectivity index (χ1) is 6.36. The molecule has 0 spiro atoms. The van der Waals surface area contributed by atoms with Crippen LogP contribution in [-0.2, 0) is 11.3 Å². The first-order valence-electron chi connectivity index (χ1n) is 4.57. The topological polar surface area (TPSA) is 18.5 Å². The quantitative estimate of drug-likeness (QED) is 0.648. The van der Waals surface area contributed by atoms with Crippen LogP contribution in [0.2, 0.25) is 0 Å². The molecule has 1 aromatic carbocycles. The lowest BCUT2D eigenvalue weighted by molar-refractivity contribution is 0.121. The van der Waals surface area contributed by atoms with E-state index in [9.17, 15) is 0 Å². The Morgan fingerprint density at radius 2 is 1.85 bits per heavy atom. The number of methoxy groups -OCH3 is 1. The van der Waals surface area contributed by atoms with Crippen LogP contribution < -0.4 is 4.74 Å². The minimum atomic E-state index is 0.692. The molecule has 0 aromatic heterocycles. The van der Waals surface area contributed by atoms with Gasteiger partial charge in [0.15, 0.2) is 0 Å². The fourth-order valence-corrected chi connectivity index (χ4v) is 1.06. The molecule has 72 valence electrons. The number of benzene rings is 1. The van der Waals surface area contributed by atoms with Crippen molar-refractivity contribution in [2.24, 2.45) is 0 Å². The summed E-state index contributed by atoms with van der Waals surface area (Å²) < 4.78 is 10.5. The minimum absolute atomic E-state index is 0.692. The maximum atomic E-state index is 5.40. The highest BCUT2D eigenvalue weighted by molar-refractivity contribution is 5.26. The lowest BCUT2D eigenvalue weighted by Crippen LogP contribution is -1.93. The summed E-state index contributed by atoms with van der Waals surface area (Å²) >= 11 is 0. The van der Waals surface area contributed by atoms with E-state index >= 15 is 0 Å². The molecule has 2 heteroatoms. The van der Waals surface area contributed by atoms with E-state index in [1.54, 1.807) is 7.11 Å². The van der Waals surface area contributed by atoms with E-state index < -0.39 is 0 Å². The molecule has 0 aliphatic rings. The van der Waals surface area contributed by atoms with Gasteiger partial charge >= 0.3 is 0 Å². The summed E-state index contributed by atoms with van der Waals surface area (Å²) in [5.41, 5.74) is 1.19. The number of rotatable bonds is 5. The average Bonchev–Trinajstić information content (AvgIpc) is 2.19. The van der Waals surface area contributed by atoms with Crippen molar-refractivity contribution in [3.05, 3.63) is 29.8 Å². The fourth-order valence-electron chi connectivity index (χ4n) is 1.06. The predicted octanol–water partition coefficient (Wildman–Crippen LogP) is 2.62. The Morgan fingerprint density at radius 1 is 1.15 bits per heavy atom. The first-order valence-corrected chi connectivity index (χ1v) is 4.57. The van der Waals surface area contributed by atoms with Crippen molar-refractivity contribution >= 4 is 0 Å². The van der Waals surface area contributed by atoms with Crippen LogP contribution in [0.25, 0.3) is 0 Å². The van der Waals surface area contributed by atoms with Gasteiger partial charge in [0.2, 0.25) is 0 Å². The SMILES string of the molecule is CCCOCc1ccc(OC)cc1. The van der Waals surface area contributed by atoms with Gasteiger partial charge in [0.25, 0.3) is 0 Å². The fraction of sp³-hybridized carbons (Fsp3) is 0.455. The Labute approximate surface area is 79.5 Å². The molecule has 0 amide bonds. The van der Waals surface area contributed by atoms with Crippen LogP contribution in [0.4, 0.5) is 0 Å². The summed E-state index contributed by atoms with van der Waals surface area (Å²) in [5.74, 6) is 0.888. The van der Waals surface area contributed by atoms with Gasteiger partial charge in [-0.2, -0.15) is 0 Å². The molecule has 0 bridgehead atoms. The molecule has 0 N–H and O–H groups in total. The molecule has 0 atom stereocenters. The van der Waals surface area contributed by atoms with Crippen LogP contribution in [0.15, 0.2) is 24.3 Å². The second-order valence-corrected chi connectivity index (χ2v) is 2.90. The zero-order valence-electron chi connectivity index (χ0n) is 8.25. The van der Waals surface area contributed by atoms with Crippen molar-refractivity contribution in [3.63, 3.8) is 0 Å². The van der Waals surface area contributed by atoms with Crippen LogP contribution in [0.5, 0.6) is 5.75 Å². The zero-order chi connectivity index (χ0) is 9.52. The van der Waals surface area contributed by atoms with Gasteiger partial charge in [0.1, 0.15) is 5.75 Å². The number of ether oxygens (including phenoxy) is 2. The van der Waals surface area contributed by atoms with Crippen molar-refractivity contribution in [2.45, 2.75) is 20.0 Å². The summed E-state index contributed by atoms with van der Waals surface area (Å²) in [5, 5.41) is 0. The highest BCUT2D eigenvalue weighted by Gasteiger charge is 1.93. The Morgan fingerprint density at radius 3 is 2.38 bits per heavy atom. The maximum absolute atomic E-state index is 5.40. The van der Waals surface area contributed by atoms with Crippen LogP contribution in [-0.4, -0.2) is 13.7 Å². The summed E-state index contributed by atoms with van der Waals surface area (Å²) in [6, 6.07) is 7.94. The molecular weight excluding hydrogens is 164 g/mol. The van der Waals surface area contributed by atoms with E-state index in [4.69, 9.17) is 9.47 Å². The van der Waals surface area contributed by atoms with Gasteiger partial charge in [-0.3, -0.25) is 0 Å². The largest absolute Gasteiger partial charge is 0.497 e. The van der Waals surface area contributed by atoms with Crippen LogP contribution >= 0.6 is 0 Å². The van der Waals surface area contributed by atoms with Gasteiger partial charge in [-0.15, -0.1) is 0 Å². The second kappa shape index (κ2) is 5.60. The third-order valence-electron chi connectivity index (χ3n) is 1.78. The molecule has 0 aliphatic heterocycles. The molecule has 1 rings (SSSR count). The van der Waals surface area contributed by atoms with Gasteiger partial charge in [0, 0.05) is 6.61 Å². The average molecular weight is 180 g/mol. The van der Waals surface area contributed by atoms with Crippen LogP contribution in [0.1, 0.15) is 18.9 Å². The number of hydrogen-bond acceptors (Lipinski definition) is 2. The molecule has 0 radical (unpaired) electrons. The molecule has 0 saturated heterocycles. The monoisotopic (exact) mass is 180 g/mol. The molecule has 0 heterocycles. The van der Waals surface area contributed by atoms with E-state index in [0.29, 0.717) is 6.61 Å². The molecule has 0 fully saturated rings. The molecule has 0 unspecified atom stereocenters. The van der Waals surface area contributed by atoms with Gasteiger partial charge in [-0.1, -0.05) is 19.1 Å². The van der Waals surface area contributed by atoms with Gasteiger partial charge < -0.3 is 9.47 Å². The molecular formula is C11H16O2. The molecule has 13 heavy (non-hydrogen) atoms. The standard InChI is InChI=1S/C11H16O2/c1-3-8-13-9-10-4-6-11(12-2)7-5-10/h4-7H,3,8-9H2,1-2H3. The lowest BCUT2D eigenvalue weighted by Gasteiger charge is -2.03.